The van der Waals surface area contributed by atoms with Crippen LogP contribution in [0.25, 0.3) is 0 Å². The van der Waals surface area contributed by atoms with Gasteiger partial charge in [-0.1, -0.05) is 38.2 Å². The van der Waals surface area contributed by atoms with Crippen LogP contribution in [0.5, 0.6) is 0 Å². The molecule has 2 atom stereocenters. The van der Waals surface area contributed by atoms with E-state index in [0.717, 1.165) is 11.5 Å². The fraction of sp³-hybridized carbons (Fsp3) is 0.692. The van der Waals surface area contributed by atoms with Crippen LogP contribution in [0.15, 0.2) is 24.3 Å². The van der Waals surface area contributed by atoms with E-state index in [1.165, 1.54) is 0 Å². The maximum atomic E-state index is 10.5. The van der Waals surface area contributed by atoms with Crippen LogP contribution in [0.2, 0.25) is 0 Å². The molecule has 19 heavy (non-hydrogen) atoms. The second kappa shape index (κ2) is 23.6. The van der Waals surface area contributed by atoms with Crippen LogP contribution in [-0.4, -0.2) is 50.2 Å². The van der Waals surface area contributed by atoms with Crippen molar-refractivity contribution < 1.29 is 8.42 Å². The second-order valence-electron chi connectivity index (χ2n) is 3.06. The molecule has 0 bridgehead atoms. The highest BCUT2D eigenvalue weighted by Gasteiger charge is 1.81. The van der Waals surface area contributed by atoms with Crippen molar-refractivity contribution in [2.24, 2.45) is 0 Å². The lowest BCUT2D eigenvalue weighted by Gasteiger charge is -1.85. The highest BCUT2D eigenvalue weighted by atomic mass is 32.2. The molecule has 0 spiro atoms. The SMILES string of the molecule is CC.CS(=O)C/C=C/CS.CSC/C=C/CS(C)=O. The Kier molecular flexibility index (Phi) is 30.4. The molecule has 0 radical (unpaired) electrons. The van der Waals surface area contributed by atoms with Crippen molar-refractivity contribution in [3.05, 3.63) is 24.3 Å². The van der Waals surface area contributed by atoms with Crippen molar-refractivity contribution in [3.63, 3.8) is 0 Å². The number of hydrogen-bond acceptors (Lipinski definition) is 4. The van der Waals surface area contributed by atoms with E-state index in [0.29, 0.717) is 11.5 Å². The van der Waals surface area contributed by atoms with E-state index < -0.39 is 21.6 Å². The van der Waals surface area contributed by atoms with Crippen molar-refractivity contribution in [1.29, 1.82) is 0 Å². The van der Waals surface area contributed by atoms with Gasteiger partial charge in [0, 0.05) is 57.1 Å². The van der Waals surface area contributed by atoms with E-state index >= 15 is 0 Å². The van der Waals surface area contributed by atoms with Gasteiger partial charge in [0.2, 0.25) is 0 Å². The Balaban J connectivity index is -0.000000239. The van der Waals surface area contributed by atoms with Crippen molar-refractivity contribution in [2.75, 3.05) is 41.8 Å². The zero-order valence-electron chi connectivity index (χ0n) is 12.6. The second-order valence-corrected chi connectivity index (χ2v) is 7.30. The molecule has 0 heterocycles. The quantitative estimate of drug-likeness (QED) is 0.569. The summed E-state index contributed by atoms with van der Waals surface area (Å²) < 4.78 is 20.8. The summed E-state index contributed by atoms with van der Waals surface area (Å²) in [6.45, 7) is 4.00. The maximum absolute atomic E-state index is 10.5. The van der Waals surface area contributed by atoms with Crippen LogP contribution < -0.4 is 0 Å². The number of hydrogen-bond donors (Lipinski definition) is 1. The van der Waals surface area contributed by atoms with Crippen molar-refractivity contribution >= 4 is 46.0 Å². The summed E-state index contributed by atoms with van der Waals surface area (Å²) in [5.74, 6) is 3.11. The van der Waals surface area contributed by atoms with Gasteiger partial charge in [-0.25, -0.2) is 0 Å². The Hall–Kier alpha value is 0.480. The third-order valence-corrected chi connectivity index (χ3v) is 3.42. The van der Waals surface area contributed by atoms with Gasteiger partial charge < -0.3 is 0 Å². The molecule has 0 N–H and O–H groups in total. The summed E-state index contributed by atoms with van der Waals surface area (Å²) in [7, 11) is -1.35. The topological polar surface area (TPSA) is 34.1 Å². The molecular weight excluding hydrogens is 316 g/mol. The lowest BCUT2D eigenvalue weighted by atomic mass is 10.6. The summed E-state index contributed by atoms with van der Waals surface area (Å²) >= 11 is 5.70. The lowest BCUT2D eigenvalue weighted by Crippen LogP contribution is -1.88. The molecule has 6 heteroatoms. The molecule has 0 aliphatic carbocycles. The number of thiol groups is 1. The van der Waals surface area contributed by atoms with Gasteiger partial charge in [-0.3, -0.25) is 8.42 Å². The molecule has 0 saturated heterocycles. The van der Waals surface area contributed by atoms with Crippen LogP contribution in [0.1, 0.15) is 13.8 Å². The molecule has 0 aromatic heterocycles. The molecule has 2 nitrogen and oxygen atoms in total. The number of thioether (sulfide) groups is 1. The van der Waals surface area contributed by atoms with E-state index in [1.807, 2.05) is 44.4 Å². The number of rotatable bonds is 7. The van der Waals surface area contributed by atoms with Crippen LogP contribution >= 0.6 is 24.4 Å². The maximum Gasteiger partial charge on any atom is 0.0412 e. The van der Waals surface area contributed by atoms with E-state index in [9.17, 15) is 8.42 Å². The van der Waals surface area contributed by atoms with Crippen molar-refractivity contribution in [1.82, 2.24) is 0 Å². The zero-order chi connectivity index (χ0) is 15.5. The first-order valence-electron chi connectivity index (χ1n) is 6.04. The van der Waals surface area contributed by atoms with Crippen molar-refractivity contribution in [3.8, 4) is 0 Å². The molecule has 0 aromatic carbocycles. The van der Waals surface area contributed by atoms with Crippen molar-refractivity contribution in [2.45, 2.75) is 13.8 Å². The lowest BCUT2D eigenvalue weighted by molar-refractivity contribution is 0.687. The third kappa shape index (κ3) is 38.1. The first-order valence-corrected chi connectivity index (χ1v) is 11.5. The van der Waals surface area contributed by atoms with E-state index in [2.05, 4.69) is 12.6 Å². The molecule has 0 aliphatic heterocycles. The minimum absolute atomic E-state index is 0.653. The molecule has 2 unspecified atom stereocenters. The molecule has 0 amide bonds. The first kappa shape index (κ1) is 24.5. The molecule has 0 fully saturated rings. The van der Waals surface area contributed by atoms with E-state index in [4.69, 9.17) is 0 Å². The minimum atomic E-state index is -0.688. The monoisotopic (exact) mass is 344 g/mol. The average Bonchev–Trinajstić information content (AvgIpc) is 2.38. The summed E-state index contributed by atoms with van der Waals surface area (Å²) in [5, 5.41) is 0. The Morgan fingerprint density at radius 1 is 0.947 bits per heavy atom. The third-order valence-electron chi connectivity index (χ3n) is 1.36. The molecule has 0 aliphatic rings. The van der Waals surface area contributed by atoms with Gasteiger partial charge in [0.25, 0.3) is 0 Å². The highest BCUT2D eigenvalue weighted by Crippen LogP contribution is 1.90. The fourth-order valence-corrected chi connectivity index (χ4v) is 1.94. The van der Waals surface area contributed by atoms with Gasteiger partial charge in [-0.2, -0.15) is 24.4 Å². The molecule has 0 rings (SSSR count). The first-order chi connectivity index (χ1) is 9.04. The van der Waals surface area contributed by atoms with Crippen LogP contribution in [0.4, 0.5) is 0 Å². The van der Waals surface area contributed by atoms with E-state index in [1.54, 1.807) is 24.3 Å². The Bertz CT molecular complexity index is 263. The zero-order valence-corrected chi connectivity index (χ0v) is 16.0. The van der Waals surface area contributed by atoms with Gasteiger partial charge >= 0.3 is 0 Å². The predicted octanol–water partition coefficient (Wildman–Crippen LogP) is 3.16. The van der Waals surface area contributed by atoms with Crippen LogP contribution in [0, 0.1) is 0 Å². The van der Waals surface area contributed by atoms with Gasteiger partial charge in [-0.15, -0.1) is 0 Å². The molecular formula is C13H28O2S4. The van der Waals surface area contributed by atoms with Gasteiger partial charge in [-0.05, 0) is 6.26 Å². The largest absolute Gasteiger partial charge is 0.260 e. The molecule has 116 valence electrons. The Morgan fingerprint density at radius 2 is 1.37 bits per heavy atom. The molecule has 0 aromatic rings. The fourth-order valence-electron chi connectivity index (χ4n) is 0.646. The average molecular weight is 345 g/mol. The minimum Gasteiger partial charge on any atom is -0.260 e. The summed E-state index contributed by atoms with van der Waals surface area (Å²) in [6, 6.07) is 0. The Labute approximate surface area is 134 Å². The van der Waals surface area contributed by atoms with Gasteiger partial charge in [0.1, 0.15) is 0 Å². The highest BCUT2D eigenvalue weighted by molar-refractivity contribution is 7.98. The van der Waals surface area contributed by atoms with Gasteiger partial charge in [0.15, 0.2) is 0 Å². The predicted molar refractivity (Wildman–Crippen MR) is 99.7 cm³/mol. The summed E-state index contributed by atoms with van der Waals surface area (Å²) in [5.41, 5.74) is 0. The van der Waals surface area contributed by atoms with Crippen LogP contribution in [-0.2, 0) is 21.6 Å². The Morgan fingerprint density at radius 3 is 1.68 bits per heavy atom. The summed E-state index contributed by atoms with van der Waals surface area (Å²) in [4.78, 5) is 0. The molecule has 0 saturated carbocycles. The van der Waals surface area contributed by atoms with Crippen LogP contribution in [0.3, 0.4) is 0 Å². The smallest absolute Gasteiger partial charge is 0.0412 e. The normalized spacial score (nSPS) is 13.4. The standard InChI is InChI=1S/C6H12OS2.C5H10OS2.C2H6/c1-8-5-3-4-6-9(2)7;1-8(6)5-3-2-4-7;1-2/h3-4H,5-6H2,1-2H3;2-3,7H,4-5H2,1H3;1-2H3/b4-3+;3-2+;. The van der Waals surface area contributed by atoms with E-state index in [-0.39, 0.29) is 0 Å². The van der Waals surface area contributed by atoms with Gasteiger partial charge in [0.05, 0.1) is 0 Å². The summed E-state index contributed by atoms with van der Waals surface area (Å²) in [6.07, 6.45) is 13.2.